The summed E-state index contributed by atoms with van der Waals surface area (Å²) in [7, 11) is 0. The van der Waals surface area contributed by atoms with Crippen LogP contribution in [-0.4, -0.2) is 15.2 Å². The molecule has 0 spiro atoms. The molecule has 15 heavy (non-hydrogen) atoms. The topological polar surface area (TPSA) is 41.6 Å². The van der Waals surface area contributed by atoms with E-state index in [1.54, 1.807) is 0 Å². The predicted molar refractivity (Wildman–Crippen MR) is 62.9 cm³/mol. The molecular weight excluding hydrogens is 186 g/mol. The maximum Gasteiger partial charge on any atom is 0.153 e. The van der Waals surface area contributed by atoms with Crippen LogP contribution < -0.4 is 0 Å². The number of hydrogen-bond acceptors (Lipinski definition) is 2. The summed E-state index contributed by atoms with van der Waals surface area (Å²) in [5, 5.41) is 7.38. The molecule has 0 aliphatic heterocycles. The van der Waals surface area contributed by atoms with Gasteiger partial charge in [0, 0.05) is 12.3 Å². The smallest absolute Gasteiger partial charge is 0.153 e. The molecule has 0 saturated carbocycles. The Morgan fingerprint density at radius 3 is 2.27 bits per heavy atom. The summed E-state index contributed by atoms with van der Waals surface area (Å²) in [6.45, 7) is 6.61. The molecule has 0 aromatic carbocycles. The molecule has 0 fully saturated rings. The normalized spacial score (nSPS) is 11.2. The van der Waals surface area contributed by atoms with Crippen LogP contribution in [0.5, 0.6) is 0 Å². The third-order valence-electron chi connectivity index (χ3n) is 2.68. The Balaban J connectivity index is 2.63. The largest absolute Gasteiger partial charge is 0.263 e. The van der Waals surface area contributed by atoms with Crippen molar-refractivity contribution in [2.45, 2.75) is 65.2 Å². The molecule has 1 aromatic rings. The summed E-state index contributed by atoms with van der Waals surface area (Å²) in [4.78, 5) is 4.57. The van der Waals surface area contributed by atoms with Crippen LogP contribution in [0, 0.1) is 0 Å². The lowest BCUT2D eigenvalue weighted by atomic mass is 9.98. The molecule has 0 amide bonds. The van der Waals surface area contributed by atoms with Crippen molar-refractivity contribution in [3.05, 3.63) is 11.6 Å². The number of hydrogen-bond donors (Lipinski definition) is 1. The second kappa shape index (κ2) is 6.59. The van der Waals surface area contributed by atoms with Crippen LogP contribution in [0.3, 0.4) is 0 Å². The summed E-state index contributed by atoms with van der Waals surface area (Å²) in [6, 6.07) is 0. The average molecular weight is 209 g/mol. The van der Waals surface area contributed by atoms with Gasteiger partial charge in [-0.1, -0.05) is 33.6 Å². The third-order valence-corrected chi connectivity index (χ3v) is 2.68. The highest BCUT2D eigenvalue weighted by molar-refractivity contribution is 4.97. The number of aromatic nitrogens is 3. The van der Waals surface area contributed by atoms with Crippen LogP contribution >= 0.6 is 0 Å². The van der Waals surface area contributed by atoms with E-state index < -0.39 is 0 Å². The molecule has 0 atom stereocenters. The van der Waals surface area contributed by atoms with Crippen LogP contribution in [0.1, 0.15) is 70.4 Å². The number of nitrogens with zero attached hydrogens (tertiary/aromatic N) is 2. The van der Waals surface area contributed by atoms with Crippen LogP contribution in [0.15, 0.2) is 0 Å². The van der Waals surface area contributed by atoms with Gasteiger partial charge in [-0.3, -0.25) is 5.10 Å². The Hall–Kier alpha value is -0.860. The zero-order valence-corrected chi connectivity index (χ0v) is 10.2. The first-order valence-corrected chi connectivity index (χ1v) is 6.22. The Labute approximate surface area is 92.7 Å². The van der Waals surface area contributed by atoms with Gasteiger partial charge in [0.15, 0.2) is 5.82 Å². The molecule has 0 aliphatic rings. The van der Waals surface area contributed by atoms with Crippen molar-refractivity contribution < 1.29 is 0 Å². The lowest BCUT2D eigenvalue weighted by molar-refractivity contribution is 0.535. The van der Waals surface area contributed by atoms with Gasteiger partial charge >= 0.3 is 0 Å². The third kappa shape index (κ3) is 3.65. The second-order valence-electron chi connectivity index (χ2n) is 4.16. The van der Waals surface area contributed by atoms with Crippen LogP contribution in [0.25, 0.3) is 0 Å². The summed E-state index contributed by atoms with van der Waals surface area (Å²) in [5.41, 5.74) is 0. The van der Waals surface area contributed by atoms with E-state index in [2.05, 4.69) is 36.0 Å². The van der Waals surface area contributed by atoms with Crippen molar-refractivity contribution >= 4 is 0 Å². The number of nitrogens with one attached hydrogen (secondary N) is 1. The van der Waals surface area contributed by atoms with E-state index in [1.807, 2.05) is 0 Å². The summed E-state index contributed by atoms with van der Waals surface area (Å²) < 4.78 is 0. The molecule has 0 unspecified atom stereocenters. The van der Waals surface area contributed by atoms with E-state index in [4.69, 9.17) is 0 Å². The van der Waals surface area contributed by atoms with Crippen LogP contribution in [0.4, 0.5) is 0 Å². The minimum Gasteiger partial charge on any atom is -0.263 e. The fourth-order valence-electron chi connectivity index (χ4n) is 1.94. The van der Waals surface area contributed by atoms with Gasteiger partial charge < -0.3 is 0 Å². The standard InChI is InChI=1S/C12H23N3/c1-4-7-10(8-5-2)12-13-11(9-6-3)14-15-12/h10H,4-9H2,1-3H3,(H,13,14,15). The number of aryl methyl sites for hydroxylation is 1. The molecule has 0 aliphatic carbocycles. The molecule has 0 bridgehead atoms. The van der Waals surface area contributed by atoms with Crippen LogP contribution in [-0.2, 0) is 6.42 Å². The van der Waals surface area contributed by atoms with Crippen molar-refractivity contribution in [1.82, 2.24) is 15.2 Å². The molecule has 1 rings (SSSR count). The van der Waals surface area contributed by atoms with Gasteiger partial charge in [-0.15, -0.1) is 0 Å². The summed E-state index contributed by atoms with van der Waals surface area (Å²) in [5.74, 6) is 2.63. The van der Waals surface area contributed by atoms with Crippen molar-refractivity contribution in [2.75, 3.05) is 0 Å². The van der Waals surface area contributed by atoms with Crippen LogP contribution in [0.2, 0.25) is 0 Å². The number of aromatic amines is 1. The minimum atomic E-state index is 0.557. The molecule has 1 heterocycles. The Kier molecular flexibility index (Phi) is 5.37. The first-order valence-electron chi connectivity index (χ1n) is 6.22. The highest BCUT2D eigenvalue weighted by atomic mass is 15.2. The molecule has 3 heteroatoms. The van der Waals surface area contributed by atoms with E-state index in [0.29, 0.717) is 5.92 Å². The SMILES string of the molecule is CCCc1nc(C(CCC)CCC)n[nH]1. The lowest BCUT2D eigenvalue weighted by Crippen LogP contribution is -2.01. The fourth-order valence-corrected chi connectivity index (χ4v) is 1.94. The molecule has 0 saturated heterocycles. The Morgan fingerprint density at radius 1 is 1.07 bits per heavy atom. The molecular formula is C12H23N3. The van der Waals surface area contributed by atoms with Gasteiger partial charge in [0.25, 0.3) is 0 Å². The maximum atomic E-state index is 4.57. The second-order valence-corrected chi connectivity index (χ2v) is 4.16. The number of H-pyrrole nitrogens is 1. The van der Waals surface area contributed by atoms with E-state index in [1.165, 1.54) is 25.7 Å². The minimum absolute atomic E-state index is 0.557. The average Bonchev–Trinajstić information content (AvgIpc) is 2.67. The van der Waals surface area contributed by atoms with Crippen molar-refractivity contribution in [3.63, 3.8) is 0 Å². The highest BCUT2D eigenvalue weighted by Crippen LogP contribution is 2.23. The molecule has 86 valence electrons. The van der Waals surface area contributed by atoms with Gasteiger partial charge in [0.05, 0.1) is 0 Å². The van der Waals surface area contributed by atoms with E-state index >= 15 is 0 Å². The van der Waals surface area contributed by atoms with Crippen molar-refractivity contribution in [2.24, 2.45) is 0 Å². The lowest BCUT2D eigenvalue weighted by Gasteiger charge is -2.10. The maximum absolute atomic E-state index is 4.57. The predicted octanol–water partition coefficient (Wildman–Crippen LogP) is 3.44. The van der Waals surface area contributed by atoms with E-state index in [-0.39, 0.29) is 0 Å². The fraction of sp³-hybridized carbons (Fsp3) is 0.833. The van der Waals surface area contributed by atoms with Crippen molar-refractivity contribution in [3.8, 4) is 0 Å². The Bertz CT molecular complexity index is 262. The summed E-state index contributed by atoms with van der Waals surface area (Å²) in [6.07, 6.45) is 6.97. The quantitative estimate of drug-likeness (QED) is 0.747. The molecule has 1 N–H and O–H groups in total. The zero-order valence-electron chi connectivity index (χ0n) is 10.2. The monoisotopic (exact) mass is 209 g/mol. The van der Waals surface area contributed by atoms with Gasteiger partial charge in [0.1, 0.15) is 5.82 Å². The molecule has 0 radical (unpaired) electrons. The van der Waals surface area contributed by atoms with Gasteiger partial charge in [-0.05, 0) is 19.3 Å². The van der Waals surface area contributed by atoms with E-state index in [9.17, 15) is 0 Å². The molecule has 1 aromatic heterocycles. The Morgan fingerprint density at radius 2 is 1.73 bits per heavy atom. The van der Waals surface area contributed by atoms with Gasteiger partial charge in [-0.25, -0.2) is 4.98 Å². The first-order chi connectivity index (χ1) is 7.31. The molecule has 3 nitrogen and oxygen atoms in total. The zero-order chi connectivity index (χ0) is 11.1. The number of rotatable bonds is 7. The highest BCUT2D eigenvalue weighted by Gasteiger charge is 2.14. The van der Waals surface area contributed by atoms with E-state index in [0.717, 1.165) is 24.5 Å². The summed E-state index contributed by atoms with van der Waals surface area (Å²) >= 11 is 0. The van der Waals surface area contributed by atoms with Gasteiger partial charge in [-0.2, -0.15) is 5.10 Å². The van der Waals surface area contributed by atoms with Crippen molar-refractivity contribution in [1.29, 1.82) is 0 Å². The van der Waals surface area contributed by atoms with Gasteiger partial charge in [0.2, 0.25) is 0 Å². The first kappa shape index (κ1) is 12.2.